The van der Waals surface area contributed by atoms with Crippen LogP contribution in [-0.2, 0) is 16.1 Å². The fourth-order valence-corrected chi connectivity index (χ4v) is 12.0. The molecular formula is C36H26BrClN2O4S2. The quantitative estimate of drug-likeness (QED) is 0.170. The minimum absolute atomic E-state index is 0.000349. The molecule has 1 saturated heterocycles. The topological polar surface area (TPSA) is 72.5 Å². The summed E-state index contributed by atoms with van der Waals surface area (Å²) in [5.41, 5.74) is 2.60. The lowest BCUT2D eigenvalue weighted by molar-refractivity contribution is -0.123. The molecule has 0 spiro atoms. The zero-order valence-electron chi connectivity index (χ0n) is 24.2. The lowest BCUT2D eigenvalue weighted by Gasteiger charge is -2.42. The molecule has 0 radical (unpaired) electrons. The highest BCUT2D eigenvalue weighted by Crippen LogP contribution is 2.69. The summed E-state index contributed by atoms with van der Waals surface area (Å²) in [5, 5.41) is 1.59. The molecule has 9 rings (SSSR count). The van der Waals surface area contributed by atoms with E-state index in [9.17, 15) is 14.4 Å². The number of hydrogen-bond donors (Lipinski definition) is 0. The maximum Gasteiger partial charge on any atom is 0.308 e. The van der Waals surface area contributed by atoms with Crippen molar-refractivity contribution in [3.8, 4) is 11.3 Å². The third-order valence-corrected chi connectivity index (χ3v) is 13.9. The maximum atomic E-state index is 14.1. The fourth-order valence-electron chi connectivity index (χ4n) is 8.47. The maximum absolute atomic E-state index is 14.1. The van der Waals surface area contributed by atoms with Crippen LogP contribution < -0.4 is 9.77 Å². The van der Waals surface area contributed by atoms with E-state index in [0.29, 0.717) is 17.3 Å². The first-order chi connectivity index (χ1) is 22.4. The summed E-state index contributed by atoms with van der Waals surface area (Å²) in [7, 11) is 0. The van der Waals surface area contributed by atoms with Crippen molar-refractivity contribution in [2.45, 2.75) is 29.2 Å². The van der Waals surface area contributed by atoms with Crippen LogP contribution >= 0.6 is 50.6 Å². The molecular weight excluding hydrogens is 704 g/mol. The third-order valence-electron chi connectivity index (χ3n) is 10.3. The van der Waals surface area contributed by atoms with Crippen LogP contribution in [0.5, 0.6) is 0 Å². The molecule has 3 fully saturated rings. The van der Waals surface area contributed by atoms with Crippen LogP contribution in [0.2, 0.25) is 5.02 Å². The number of thiazole rings is 1. The van der Waals surface area contributed by atoms with E-state index in [-0.39, 0.29) is 57.4 Å². The van der Waals surface area contributed by atoms with Gasteiger partial charge in [0.2, 0.25) is 11.8 Å². The van der Waals surface area contributed by atoms with E-state index in [1.165, 1.54) is 16.2 Å². The second kappa shape index (κ2) is 10.8. The van der Waals surface area contributed by atoms with Crippen LogP contribution in [0.3, 0.4) is 0 Å². The summed E-state index contributed by atoms with van der Waals surface area (Å²) >= 11 is 12.7. The molecule has 2 bridgehead atoms. The van der Waals surface area contributed by atoms with E-state index < -0.39 is 0 Å². The number of anilines is 1. The first-order valence-corrected chi connectivity index (χ1v) is 18.2. The summed E-state index contributed by atoms with van der Waals surface area (Å²) in [5.74, 6) is 0.457. The van der Waals surface area contributed by atoms with Gasteiger partial charge in [0.15, 0.2) is 0 Å². The van der Waals surface area contributed by atoms with Crippen LogP contribution in [0, 0.1) is 29.6 Å². The number of thioether (sulfide) groups is 1. The molecule has 3 aromatic carbocycles. The number of aromatic nitrogens is 1. The molecule has 230 valence electrons. The van der Waals surface area contributed by atoms with Gasteiger partial charge in [-0.15, -0.1) is 11.8 Å². The van der Waals surface area contributed by atoms with Gasteiger partial charge in [-0.3, -0.25) is 23.9 Å². The Morgan fingerprint density at radius 3 is 2.30 bits per heavy atom. The van der Waals surface area contributed by atoms with Crippen molar-refractivity contribution in [2.24, 2.45) is 29.6 Å². The second-order valence-electron chi connectivity index (χ2n) is 12.6. The van der Waals surface area contributed by atoms with Crippen molar-refractivity contribution in [1.82, 2.24) is 4.57 Å². The zero-order chi connectivity index (χ0) is 31.3. The van der Waals surface area contributed by atoms with Crippen LogP contribution in [0.25, 0.3) is 11.3 Å². The van der Waals surface area contributed by atoms with Crippen molar-refractivity contribution in [2.75, 3.05) is 4.90 Å². The van der Waals surface area contributed by atoms with E-state index >= 15 is 0 Å². The molecule has 2 aromatic heterocycles. The molecule has 7 atom stereocenters. The molecule has 6 nitrogen and oxygen atoms in total. The van der Waals surface area contributed by atoms with Crippen LogP contribution in [0.4, 0.5) is 5.69 Å². The van der Waals surface area contributed by atoms with Gasteiger partial charge in [-0.05, 0) is 78.3 Å². The largest absolute Gasteiger partial charge is 0.460 e. The number of carbonyl (C=O) groups excluding carboxylic acids is 2. The summed E-state index contributed by atoms with van der Waals surface area (Å²) in [6.45, 7) is 0.479. The molecule has 2 aliphatic heterocycles. The Bertz CT molecular complexity index is 2070. The molecule has 10 heteroatoms. The van der Waals surface area contributed by atoms with Crippen molar-refractivity contribution in [1.29, 1.82) is 0 Å². The van der Waals surface area contributed by atoms with E-state index in [2.05, 4.69) is 15.9 Å². The van der Waals surface area contributed by atoms with E-state index in [1.807, 2.05) is 71.3 Å². The molecule has 0 unspecified atom stereocenters. The first kappa shape index (κ1) is 28.8. The predicted molar refractivity (Wildman–Crippen MR) is 183 cm³/mol. The highest BCUT2D eigenvalue weighted by Gasteiger charge is 2.70. The number of nitrogens with zero attached hydrogens (tertiary/aromatic N) is 2. The lowest BCUT2D eigenvalue weighted by Crippen LogP contribution is -2.43. The van der Waals surface area contributed by atoms with Crippen molar-refractivity contribution in [3.05, 3.63) is 126 Å². The van der Waals surface area contributed by atoms with E-state index in [1.54, 1.807) is 36.0 Å². The van der Waals surface area contributed by atoms with Gasteiger partial charge in [0.1, 0.15) is 11.5 Å². The van der Waals surface area contributed by atoms with Gasteiger partial charge >= 0.3 is 4.87 Å². The standard InChI is InChI=1S/C36H26BrClN2O4S2/c37-20-8-6-19(7-9-20)25-14-15-26(44-25)30-27-23-16-24(29-28(23)33(41)40(34(29)42)22-12-10-21(38)11-13-22)31(27)45-35-32(30)46-36(43)39(35)17-18-4-2-1-3-5-18/h1-15,23-24,27-31H,16-17H2/t23-,24+,27-,28+,29+,30-,31-/m0/s1. The Kier molecular flexibility index (Phi) is 6.79. The monoisotopic (exact) mass is 728 g/mol. The van der Waals surface area contributed by atoms with Gasteiger partial charge < -0.3 is 4.42 Å². The molecule has 4 aliphatic rings. The minimum atomic E-state index is -0.386. The molecule has 46 heavy (non-hydrogen) atoms. The fraction of sp³-hybridized carbons (Fsp3) is 0.250. The Labute approximate surface area is 286 Å². The van der Waals surface area contributed by atoms with Crippen molar-refractivity contribution < 1.29 is 14.0 Å². The SMILES string of the molecule is O=C1[C@@H]2[C@H]3C[C@@H]([C@@H]4Sc5c(sc(=O)n5Cc5ccccc5)[C@@H](c5ccc(-c6ccc(Br)cc6)o5)[C@H]34)[C@H]2C(=O)N1c1ccc(Cl)cc1. The number of carbonyl (C=O) groups is 2. The molecule has 0 N–H and O–H groups in total. The molecule has 2 aliphatic carbocycles. The summed E-state index contributed by atoms with van der Waals surface area (Å²) in [6, 6.07) is 29.0. The number of rotatable bonds is 5. The number of amides is 2. The van der Waals surface area contributed by atoms with Gasteiger partial charge in [-0.25, -0.2) is 0 Å². The number of benzene rings is 3. The number of imide groups is 1. The molecule has 5 aromatic rings. The zero-order valence-corrected chi connectivity index (χ0v) is 28.2. The van der Waals surface area contributed by atoms with Crippen molar-refractivity contribution in [3.63, 3.8) is 0 Å². The smallest absolute Gasteiger partial charge is 0.308 e. The Morgan fingerprint density at radius 1 is 0.848 bits per heavy atom. The Balaban J connectivity index is 1.15. The van der Waals surface area contributed by atoms with Crippen LogP contribution in [0.1, 0.15) is 28.5 Å². The van der Waals surface area contributed by atoms with Gasteiger partial charge in [0.25, 0.3) is 0 Å². The first-order valence-electron chi connectivity index (χ1n) is 15.3. The van der Waals surface area contributed by atoms with Gasteiger partial charge in [0, 0.05) is 20.3 Å². The number of furan rings is 1. The van der Waals surface area contributed by atoms with Gasteiger partial charge in [-0.1, -0.05) is 81.3 Å². The second-order valence-corrected chi connectivity index (χ2v) is 16.1. The van der Waals surface area contributed by atoms with Crippen LogP contribution in [0.15, 0.2) is 110 Å². The number of halogens is 2. The highest BCUT2D eigenvalue weighted by molar-refractivity contribution is 9.10. The average molecular weight is 730 g/mol. The number of fused-ring (bicyclic) bond motifs is 9. The van der Waals surface area contributed by atoms with E-state index in [4.69, 9.17) is 16.0 Å². The molecule has 4 heterocycles. The summed E-state index contributed by atoms with van der Waals surface area (Å²) < 4.78 is 9.53. The van der Waals surface area contributed by atoms with Gasteiger partial charge in [0.05, 0.1) is 39.9 Å². The highest BCUT2D eigenvalue weighted by atomic mass is 79.9. The van der Waals surface area contributed by atoms with Crippen LogP contribution in [-0.4, -0.2) is 21.6 Å². The normalized spacial score (nSPS) is 27.6. The third kappa shape index (κ3) is 4.31. The van der Waals surface area contributed by atoms with E-state index in [0.717, 1.165) is 43.4 Å². The lowest BCUT2D eigenvalue weighted by atomic mass is 9.69. The average Bonchev–Trinajstić information content (AvgIpc) is 3.87. The molecule has 2 amide bonds. The Hall–Kier alpha value is -3.37. The van der Waals surface area contributed by atoms with Crippen molar-refractivity contribution >= 4 is 68.1 Å². The predicted octanol–water partition coefficient (Wildman–Crippen LogP) is 8.31. The van der Waals surface area contributed by atoms with Gasteiger partial charge in [-0.2, -0.15) is 0 Å². The molecule has 2 saturated carbocycles. The summed E-state index contributed by atoms with van der Waals surface area (Å²) in [4.78, 5) is 44.2. The minimum Gasteiger partial charge on any atom is -0.460 e. The number of hydrogen-bond acceptors (Lipinski definition) is 6. The summed E-state index contributed by atoms with van der Waals surface area (Å²) in [6.07, 6.45) is 0.818. The Morgan fingerprint density at radius 2 is 1.57 bits per heavy atom.